The summed E-state index contributed by atoms with van der Waals surface area (Å²) < 4.78 is 6.49. The minimum absolute atomic E-state index is 0.0805. The van der Waals surface area contributed by atoms with Crippen molar-refractivity contribution in [3.63, 3.8) is 0 Å². The van der Waals surface area contributed by atoms with Gasteiger partial charge in [0.05, 0.1) is 0 Å². The lowest BCUT2D eigenvalue weighted by Crippen LogP contribution is -2.34. The smallest absolute Gasteiger partial charge is 0.249 e. The highest BCUT2D eigenvalue weighted by Crippen LogP contribution is 2.11. The highest BCUT2D eigenvalue weighted by molar-refractivity contribution is 14.1. The first-order chi connectivity index (χ1) is 6.84. The highest BCUT2D eigenvalue weighted by Gasteiger charge is 2.22. The van der Waals surface area contributed by atoms with E-state index >= 15 is 0 Å². The predicted molar refractivity (Wildman–Crippen MR) is 64.7 cm³/mol. The van der Waals surface area contributed by atoms with Gasteiger partial charge in [-0.25, -0.2) is 0 Å². The van der Waals surface area contributed by atoms with Gasteiger partial charge >= 0.3 is 0 Å². The number of amides is 1. The van der Waals surface area contributed by atoms with Crippen molar-refractivity contribution in [1.29, 1.82) is 0 Å². The van der Waals surface area contributed by atoms with Gasteiger partial charge in [0, 0.05) is 13.2 Å². The molecule has 1 heterocycles. The van der Waals surface area contributed by atoms with E-state index in [9.17, 15) is 4.79 Å². The molecule has 1 amide bonds. The second-order valence-electron chi connectivity index (χ2n) is 3.54. The largest absolute Gasteiger partial charge is 0.368 e. The van der Waals surface area contributed by atoms with E-state index in [0.29, 0.717) is 0 Å². The van der Waals surface area contributed by atoms with Crippen LogP contribution in [-0.4, -0.2) is 29.6 Å². The molecule has 1 fully saturated rings. The molecule has 0 saturated carbocycles. The Morgan fingerprint density at radius 2 is 2.29 bits per heavy atom. The Morgan fingerprint density at radius 1 is 1.43 bits per heavy atom. The minimum Gasteiger partial charge on any atom is -0.368 e. The molecule has 0 spiro atoms. The van der Waals surface area contributed by atoms with Crippen LogP contribution in [0.1, 0.15) is 32.1 Å². The van der Waals surface area contributed by atoms with Crippen molar-refractivity contribution in [3.8, 4) is 0 Å². The molecule has 14 heavy (non-hydrogen) atoms. The molecule has 1 N–H and O–H groups in total. The van der Waals surface area contributed by atoms with Crippen LogP contribution in [-0.2, 0) is 9.53 Å². The van der Waals surface area contributed by atoms with Crippen molar-refractivity contribution >= 4 is 28.5 Å². The van der Waals surface area contributed by atoms with E-state index < -0.39 is 0 Å². The number of hydrogen-bond acceptors (Lipinski definition) is 2. The molecule has 1 unspecified atom stereocenters. The van der Waals surface area contributed by atoms with Gasteiger partial charge in [-0.2, -0.15) is 0 Å². The molecule has 1 rings (SSSR count). The Bertz CT molecular complexity index is 170. The first-order valence-corrected chi connectivity index (χ1v) is 6.82. The molecule has 4 heteroatoms. The average Bonchev–Trinajstić information content (AvgIpc) is 2.70. The van der Waals surface area contributed by atoms with E-state index in [0.717, 1.165) is 32.4 Å². The van der Waals surface area contributed by atoms with Crippen molar-refractivity contribution in [2.45, 2.75) is 38.2 Å². The van der Waals surface area contributed by atoms with Crippen molar-refractivity contribution in [2.75, 3.05) is 17.6 Å². The fourth-order valence-corrected chi connectivity index (χ4v) is 2.05. The summed E-state index contributed by atoms with van der Waals surface area (Å²) in [7, 11) is 0. The van der Waals surface area contributed by atoms with E-state index in [2.05, 4.69) is 27.9 Å². The molecule has 1 aliphatic rings. The fourth-order valence-electron chi connectivity index (χ4n) is 1.51. The van der Waals surface area contributed by atoms with Crippen LogP contribution in [0.15, 0.2) is 0 Å². The van der Waals surface area contributed by atoms with Crippen molar-refractivity contribution in [3.05, 3.63) is 0 Å². The van der Waals surface area contributed by atoms with Crippen LogP contribution in [0.4, 0.5) is 0 Å². The SMILES string of the molecule is O=C(NCCCCCI)C1CCCO1. The van der Waals surface area contributed by atoms with Crippen LogP contribution >= 0.6 is 22.6 Å². The lowest BCUT2D eigenvalue weighted by Gasteiger charge is -2.09. The minimum atomic E-state index is -0.167. The van der Waals surface area contributed by atoms with Gasteiger partial charge in [0.15, 0.2) is 0 Å². The maximum Gasteiger partial charge on any atom is 0.249 e. The van der Waals surface area contributed by atoms with Gasteiger partial charge < -0.3 is 10.1 Å². The highest BCUT2D eigenvalue weighted by atomic mass is 127. The van der Waals surface area contributed by atoms with Crippen molar-refractivity contribution in [1.82, 2.24) is 5.32 Å². The van der Waals surface area contributed by atoms with Crippen molar-refractivity contribution < 1.29 is 9.53 Å². The Labute approximate surface area is 99.1 Å². The van der Waals surface area contributed by atoms with Crippen LogP contribution in [0.3, 0.4) is 0 Å². The summed E-state index contributed by atoms with van der Waals surface area (Å²) in [5.41, 5.74) is 0. The first kappa shape index (κ1) is 12.2. The molecule has 0 aromatic carbocycles. The molecule has 0 radical (unpaired) electrons. The lowest BCUT2D eigenvalue weighted by molar-refractivity contribution is -0.130. The maximum atomic E-state index is 11.4. The molecule has 0 aromatic heterocycles. The number of hydrogen-bond donors (Lipinski definition) is 1. The molecular weight excluding hydrogens is 293 g/mol. The third kappa shape index (κ3) is 4.59. The van der Waals surface area contributed by atoms with E-state index in [4.69, 9.17) is 4.74 Å². The number of unbranched alkanes of at least 4 members (excludes halogenated alkanes) is 2. The second-order valence-corrected chi connectivity index (χ2v) is 4.62. The summed E-state index contributed by atoms with van der Waals surface area (Å²) in [6, 6.07) is 0. The van der Waals surface area contributed by atoms with Crippen LogP contribution in [0, 0.1) is 0 Å². The number of nitrogens with one attached hydrogen (secondary N) is 1. The van der Waals surface area contributed by atoms with E-state index in [1.165, 1.54) is 17.3 Å². The molecule has 3 nitrogen and oxygen atoms in total. The molecule has 0 aliphatic carbocycles. The van der Waals surface area contributed by atoms with Gasteiger partial charge in [0.1, 0.15) is 6.10 Å². The maximum absolute atomic E-state index is 11.4. The lowest BCUT2D eigenvalue weighted by atomic mass is 10.2. The Kier molecular flexibility index (Phi) is 6.51. The van der Waals surface area contributed by atoms with Gasteiger partial charge in [0.25, 0.3) is 0 Å². The third-order valence-electron chi connectivity index (χ3n) is 2.33. The normalized spacial score (nSPS) is 21.1. The van der Waals surface area contributed by atoms with E-state index in [1.807, 2.05) is 0 Å². The summed E-state index contributed by atoms with van der Waals surface area (Å²) in [4.78, 5) is 11.4. The zero-order valence-corrected chi connectivity index (χ0v) is 10.6. The molecule has 0 aromatic rings. The summed E-state index contributed by atoms with van der Waals surface area (Å²) in [5.74, 6) is 0.0805. The van der Waals surface area contributed by atoms with Crippen molar-refractivity contribution in [2.24, 2.45) is 0 Å². The number of ether oxygens (including phenoxy) is 1. The number of halogens is 1. The fraction of sp³-hybridized carbons (Fsp3) is 0.900. The Hall–Kier alpha value is 0.160. The van der Waals surface area contributed by atoms with Gasteiger partial charge in [-0.1, -0.05) is 29.0 Å². The van der Waals surface area contributed by atoms with Gasteiger partial charge in [-0.05, 0) is 30.1 Å². The summed E-state index contributed by atoms with van der Waals surface area (Å²) in [5, 5.41) is 2.92. The van der Waals surface area contributed by atoms with Crippen LogP contribution in [0.2, 0.25) is 0 Å². The second kappa shape index (κ2) is 7.45. The zero-order chi connectivity index (χ0) is 10.2. The number of alkyl halides is 1. The summed E-state index contributed by atoms with van der Waals surface area (Å²) >= 11 is 2.38. The van der Waals surface area contributed by atoms with Crippen LogP contribution in [0.25, 0.3) is 0 Å². The quantitative estimate of drug-likeness (QED) is 0.462. The van der Waals surface area contributed by atoms with Gasteiger partial charge in [-0.15, -0.1) is 0 Å². The molecule has 1 atom stereocenters. The Morgan fingerprint density at radius 3 is 2.93 bits per heavy atom. The molecule has 1 aliphatic heterocycles. The Balaban J connectivity index is 1.97. The molecule has 1 saturated heterocycles. The van der Waals surface area contributed by atoms with E-state index in [-0.39, 0.29) is 12.0 Å². The number of carbonyl (C=O) groups is 1. The molecular formula is C10H18INO2. The third-order valence-corrected chi connectivity index (χ3v) is 3.09. The monoisotopic (exact) mass is 311 g/mol. The summed E-state index contributed by atoms with van der Waals surface area (Å²) in [6.07, 6.45) is 5.28. The topological polar surface area (TPSA) is 38.3 Å². The van der Waals surface area contributed by atoms with Gasteiger partial charge in [-0.3, -0.25) is 4.79 Å². The predicted octanol–water partition coefficient (Wildman–Crippen LogP) is 1.89. The van der Waals surface area contributed by atoms with Crippen LogP contribution < -0.4 is 5.32 Å². The summed E-state index contributed by atoms with van der Waals surface area (Å²) in [6.45, 7) is 1.54. The number of carbonyl (C=O) groups excluding carboxylic acids is 1. The number of rotatable bonds is 6. The van der Waals surface area contributed by atoms with E-state index in [1.54, 1.807) is 0 Å². The molecule has 82 valence electrons. The first-order valence-electron chi connectivity index (χ1n) is 5.30. The zero-order valence-electron chi connectivity index (χ0n) is 8.43. The van der Waals surface area contributed by atoms with Gasteiger partial charge in [0.2, 0.25) is 5.91 Å². The molecule has 0 bridgehead atoms. The standard InChI is InChI=1S/C10H18INO2/c11-6-2-1-3-7-12-10(13)9-5-4-8-14-9/h9H,1-8H2,(H,12,13). The average molecular weight is 311 g/mol. The van der Waals surface area contributed by atoms with Crippen LogP contribution in [0.5, 0.6) is 0 Å².